The van der Waals surface area contributed by atoms with Gasteiger partial charge in [0.05, 0.1) is 0 Å². The largest absolute Gasteiger partial charge is 0.205 e. The van der Waals surface area contributed by atoms with Crippen LogP contribution in [0.5, 0.6) is 0 Å². The number of thiol groups is 1. The molecule has 0 aromatic heterocycles. The quantitative estimate of drug-likeness (QED) is 0.447. The maximum Gasteiger partial charge on any atom is 0.139 e. The molecule has 2 heteroatoms. The van der Waals surface area contributed by atoms with Gasteiger partial charge < -0.3 is 0 Å². The van der Waals surface area contributed by atoms with Gasteiger partial charge in [-0.25, -0.2) is 4.39 Å². The predicted molar refractivity (Wildman–Crippen MR) is 89.2 cm³/mol. The molecule has 1 aromatic rings. The molecule has 0 aliphatic rings. The monoisotopic (exact) mass is 292 g/mol. The number of allylic oxidation sites excluding steroid dienone is 4. The first kappa shape index (κ1) is 17.0. The molecular formula is C18H25FS. The van der Waals surface area contributed by atoms with Crippen molar-refractivity contribution in [3.63, 3.8) is 0 Å². The van der Waals surface area contributed by atoms with Crippen molar-refractivity contribution in [2.45, 2.75) is 57.3 Å². The van der Waals surface area contributed by atoms with E-state index in [-0.39, 0.29) is 5.82 Å². The number of aryl methyl sites for hydroxylation is 2. The molecule has 0 unspecified atom stereocenters. The molecule has 0 saturated carbocycles. The van der Waals surface area contributed by atoms with Crippen LogP contribution in [-0.4, -0.2) is 0 Å². The van der Waals surface area contributed by atoms with Crippen LogP contribution in [0.3, 0.4) is 0 Å². The zero-order chi connectivity index (χ0) is 14.8. The highest BCUT2D eigenvalue weighted by atomic mass is 32.1. The summed E-state index contributed by atoms with van der Waals surface area (Å²) in [7, 11) is 0. The smallest absolute Gasteiger partial charge is 0.139 e. The van der Waals surface area contributed by atoms with Gasteiger partial charge in [0.25, 0.3) is 0 Å². The van der Waals surface area contributed by atoms with E-state index in [4.69, 9.17) is 0 Å². The van der Waals surface area contributed by atoms with Gasteiger partial charge in [0.2, 0.25) is 0 Å². The second-order valence-corrected chi connectivity index (χ2v) is 5.33. The minimum absolute atomic E-state index is 0.143. The Kier molecular flexibility index (Phi) is 8.36. The fourth-order valence-electron chi connectivity index (χ4n) is 2.09. The summed E-state index contributed by atoms with van der Waals surface area (Å²) in [6.45, 7) is 4.21. The highest BCUT2D eigenvalue weighted by Crippen LogP contribution is 2.24. The lowest BCUT2D eigenvalue weighted by molar-refractivity contribution is 0.579. The van der Waals surface area contributed by atoms with Crippen molar-refractivity contribution < 1.29 is 4.39 Å². The van der Waals surface area contributed by atoms with E-state index in [1.807, 2.05) is 12.1 Å². The van der Waals surface area contributed by atoms with Gasteiger partial charge >= 0.3 is 0 Å². The molecule has 0 spiro atoms. The van der Waals surface area contributed by atoms with Gasteiger partial charge in [0.15, 0.2) is 0 Å². The molecule has 110 valence electrons. The van der Waals surface area contributed by atoms with Crippen molar-refractivity contribution in [1.29, 1.82) is 0 Å². The van der Waals surface area contributed by atoms with Crippen molar-refractivity contribution in [2.75, 3.05) is 0 Å². The maximum absolute atomic E-state index is 14.2. The molecule has 0 saturated heterocycles. The Morgan fingerprint density at radius 1 is 0.900 bits per heavy atom. The van der Waals surface area contributed by atoms with E-state index in [1.54, 1.807) is 0 Å². The molecule has 20 heavy (non-hydrogen) atoms. The van der Waals surface area contributed by atoms with Gasteiger partial charge in [-0.1, -0.05) is 50.3 Å². The zero-order valence-electron chi connectivity index (χ0n) is 12.5. The molecular weight excluding hydrogens is 267 g/mol. The Bertz CT molecular complexity index is 418. The van der Waals surface area contributed by atoms with Crippen molar-refractivity contribution in [3.05, 3.63) is 53.4 Å². The van der Waals surface area contributed by atoms with E-state index in [0.717, 1.165) is 49.7 Å². The van der Waals surface area contributed by atoms with Gasteiger partial charge in [-0.05, 0) is 49.7 Å². The van der Waals surface area contributed by atoms with Gasteiger partial charge in [-0.2, -0.15) is 0 Å². The van der Waals surface area contributed by atoms with Crippen LogP contribution in [-0.2, 0) is 12.8 Å². The van der Waals surface area contributed by atoms with Crippen LogP contribution >= 0.6 is 12.6 Å². The average Bonchev–Trinajstić information content (AvgIpc) is 2.46. The molecule has 0 amide bonds. The van der Waals surface area contributed by atoms with Crippen LogP contribution in [0.4, 0.5) is 4.39 Å². The number of rotatable bonds is 8. The summed E-state index contributed by atoms with van der Waals surface area (Å²) >= 11 is 4.35. The van der Waals surface area contributed by atoms with E-state index in [9.17, 15) is 4.39 Å². The van der Waals surface area contributed by atoms with Crippen LogP contribution in [0, 0.1) is 5.82 Å². The molecule has 0 N–H and O–H groups in total. The third kappa shape index (κ3) is 5.54. The molecule has 0 heterocycles. The van der Waals surface area contributed by atoms with Crippen LogP contribution in [0.1, 0.15) is 50.7 Å². The average molecular weight is 292 g/mol. The van der Waals surface area contributed by atoms with E-state index in [2.05, 4.69) is 50.8 Å². The second kappa shape index (κ2) is 9.82. The number of benzene rings is 1. The van der Waals surface area contributed by atoms with Crippen LogP contribution in [0.15, 0.2) is 41.3 Å². The highest BCUT2D eigenvalue weighted by molar-refractivity contribution is 7.80. The molecule has 0 radical (unpaired) electrons. The summed E-state index contributed by atoms with van der Waals surface area (Å²) in [5.41, 5.74) is 1.77. The van der Waals surface area contributed by atoms with Crippen LogP contribution in [0.25, 0.3) is 0 Å². The minimum Gasteiger partial charge on any atom is -0.205 e. The summed E-state index contributed by atoms with van der Waals surface area (Å²) in [5.74, 6) is -0.143. The summed E-state index contributed by atoms with van der Waals surface area (Å²) in [5, 5.41) is 0. The van der Waals surface area contributed by atoms with Crippen molar-refractivity contribution in [3.8, 4) is 0 Å². The summed E-state index contributed by atoms with van der Waals surface area (Å²) < 4.78 is 14.2. The highest BCUT2D eigenvalue weighted by Gasteiger charge is 2.09. The summed E-state index contributed by atoms with van der Waals surface area (Å²) in [4.78, 5) is 0.520. The van der Waals surface area contributed by atoms with Gasteiger partial charge in [-0.15, -0.1) is 12.6 Å². The Morgan fingerprint density at radius 3 is 1.95 bits per heavy atom. The Morgan fingerprint density at radius 2 is 1.40 bits per heavy atom. The first-order valence-corrected chi connectivity index (χ1v) is 7.94. The van der Waals surface area contributed by atoms with Crippen LogP contribution < -0.4 is 0 Å². The van der Waals surface area contributed by atoms with Gasteiger partial charge in [0, 0.05) is 4.90 Å². The predicted octanol–water partition coefficient (Wildman–Crippen LogP) is 5.91. The normalized spacial score (nSPS) is 11.8. The number of hydrogen-bond acceptors (Lipinski definition) is 1. The molecule has 0 atom stereocenters. The van der Waals surface area contributed by atoms with Gasteiger partial charge in [-0.3, -0.25) is 0 Å². The van der Waals surface area contributed by atoms with Gasteiger partial charge in [0.1, 0.15) is 5.82 Å². The molecule has 0 aliphatic carbocycles. The molecule has 0 nitrogen and oxygen atoms in total. The lowest BCUT2D eigenvalue weighted by Crippen LogP contribution is -1.96. The zero-order valence-corrected chi connectivity index (χ0v) is 13.4. The summed E-state index contributed by atoms with van der Waals surface area (Å²) in [6, 6.07) is 3.93. The Hall–Kier alpha value is -1.02. The van der Waals surface area contributed by atoms with Crippen molar-refractivity contribution >= 4 is 12.6 Å². The Labute approximate surface area is 128 Å². The van der Waals surface area contributed by atoms with E-state index < -0.39 is 0 Å². The first-order valence-electron chi connectivity index (χ1n) is 7.49. The topological polar surface area (TPSA) is 0 Å². The standard InChI is InChI=1S/C18H25FS/c1-3-5-7-9-11-15-13-14-16(18(20)17(15)19)12-10-8-6-4-2/h5-8,13-14,20H,3-4,9-12H2,1-2H3/b7-5+,8-6+. The lowest BCUT2D eigenvalue weighted by Gasteiger charge is -2.09. The second-order valence-electron chi connectivity index (χ2n) is 4.88. The number of hydrogen-bond donors (Lipinski definition) is 1. The van der Waals surface area contributed by atoms with E-state index in [1.165, 1.54) is 0 Å². The molecule has 0 fully saturated rings. The molecule has 0 aliphatic heterocycles. The molecule has 0 bridgehead atoms. The lowest BCUT2D eigenvalue weighted by atomic mass is 10.0. The minimum atomic E-state index is -0.143. The maximum atomic E-state index is 14.2. The van der Waals surface area contributed by atoms with Crippen LogP contribution in [0.2, 0.25) is 0 Å². The fraction of sp³-hybridized carbons (Fsp3) is 0.444. The summed E-state index contributed by atoms with van der Waals surface area (Å²) in [6.07, 6.45) is 14.0. The fourth-order valence-corrected chi connectivity index (χ4v) is 2.42. The third-order valence-electron chi connectivity index (χ3n) is 3.25. The Balaban J connectivity index is 2.66. The first-order chi connectivity index (χ1) is 9.70. The van der Waals surface area contributed by atoms with E-state index in [0.29, 0.717) is 4.90 Å². The van der Waals surface area contributed by atoms with E-state index >= 15 is 0 Å². The van der Waals surface area contributed by atoms with Crippen molar-refractivity contribution in [1.82, 2.24) is 0 Å². The van der Waals surface area contributed by atoms with Crippen molar-refractivity contribution in [2.24, 2.45) is 0 Å². The SMILES string of the molecule is CC/C=C/CCc1ccc(CC/C=C/CC)c(S)c1F. The number of halogens is 1. The molecule has 1 aromatic carbocycles. The molecule has 1 rings (SSSR count). The third-order valence-corrected chi connectivity index (χ3v) is 3.73.